The molecule has 7 aromatic carbocycles. The van der Waals surface area contributed by atoms with Crippen molar-refractivity contribution in [2.45, 2.75) is 81.0 Å². The number of hydrogen-bond acceptors (Lipinski definition) is 12. The summed E-state index contributed by atoms with van der Waals surface area (Å²) in [4.78, 5) is 56.1. The standard InChI is InChI=1S/C37H45N3O3.C36H38N4O6S/c41-33(28-43-36-23-11-22-35-34(36)21-12-24-38-35)27-39-25-7-8-26-40(29-39)37(42)32(19-9-17-30-13-3-1-4-14-30)20-10-18-31-15-5-2-6-16-31;1-45-31-19-18-30(26-32(31)46-2)47(43,44)39-21-20-33(41)40(29-16-10-5-11-17-29)35(39)36(42)38-24-22-37(23-25-38)34(27-12-6-3-7-13-27)28-14-8-4-9-15-28/h1-6,11-16,21-24,32-33,41H,7-10,17-20,25-29H2;3-19,26,34-35H,20-25H2,1-2H3/t33-;/m1./s1. The lowest BCUT2D eigenvalue weighted by Gasteiger charge is -2.45. The van der Waals surface area contributed by atoms with Crippen molar-refractivity contribution in [2.75, 3.05) is 84.8 Å². The number of aromatic nitrogens is 1. The lowest BCUT2D eigenvalue weighted by atomic mass is 9.92. The Bertz CT molecular complexity index is 3590. The van der Waals surface area contributed by atoms with Crippen molar-refractivity contribution < 1.29 is 42.1 Å². The number of piperazine rings is 1. The average molecular weight is 1230 g/mol. The number of aliphatic hydroxyl groups is 1. The first-order valence-electron chi connectivity index (χ1n) is 31.5. The zero-order valence-corrected chi connectivity index (χ0v) is 52.4. The quantitative estimate of drug-likeness (QED) is 0.0645. The predicted octanol–water partition coefficient (Wildman–Crippen LogP) is 10.9. The number of aryl methyl sites for hydroxylation is 2. The van der Waals surface area contributed by atoms with E-state index < -0.39 is 28.2 Å². The maximum Gasteiger partial charge on any atom is 0.262 e. The molecule has 1 N–H and O–H groups in total. The van der Waals surface area contributed by atoms with Gasteiger partial charge < -0.3 is 29.1 Å². The van der Waals surface area contributed by atoms with Gasteiger partial charge in [-0.25, -0.2) is 8.42 Å². The van der Waals surface area contributed by atoms with Crippen molar-refractivity contribution >= 4 is 44.3 Å². The second-order valence-corrected chi connectivity index (χ2v) is 25.1. The molecular weight excluding hydrogens is 1150 g/mol. The number of sulfonamides is 1. The van der Waals surface area contributed by atoms with E-state index in [1.165, 1.54) is 48.4 Å². The first-order valence-corrected chi connectivity index (χ1v) is 32.9. The van der Waals surface area contributed by atoms with Crippen LogP contribution in [0.5, 0.6) is 17.2 Å². The van der Waals surface area contributed by atoms with E-state index in [2.05, 4.69) is 99.7 Å². The number of amides is 3. The molecule has 3 amide bonds. The van der Waals surface area contributed by atoms with Gasteiger partial charge in [0.05, 0.1) is 37.3 Å². The lowest BCUT2D eigenvalue weighted by Crippen LogP contribution is -2.66. The molecule has 16 nitrogen and oxygen atoms in total. The highest BCUT2D eigenvalue weighted by molar-refractivity contribution is 7.89. The predicted molar refractivity (Wildman–Crippen MR) is 352 cm³/mol. The number of nitrogens with zero attached hydrogens (tertiary/aromatic N) is 7. The van der Waals surface area contributed by atoms with Crippen molar-refractivity contribution in [1.29, 1.82) is 0 Å². The second kappa shape index (κ2) is 31.8. The van der Waals surface area contributed by atoms with E-state index in [0.717, 1.165) is 96.5 Å². The van der Waals surface area contributed by atoms with E-state index in [1.807, 2.05) is 77.7 Å². The first-order chi connectivity index (χ1) is 44.0. The number of para-hydroxylation sites is 1. The Morgan fingerprint density at radius 2 is 1.20 bits per heavy atom. The third-order valence-corrected chi connectivity index (χ3v) is 19.0. The second-order valence-electron chi connectivity index (χ2n) is 23.2. The number of β-amino-alcohol motifs (C(OH)–C–C–N with tert-alkyl or cyclic N) is 1. The van der Waals surface area contributed by atoms with Gasteiger partial charge in [0.15, 0.2) is 17.7 Å². The van der Waals surface area contributed by atoms with Gasteiger partial charge in [0.2, 0.25) is 21.8 Å². The molecule has 3 saturated heterocycles. The van der Waals surface area contributed by atoms with Crippen molar-refractivity contribution in [3.8, 4) is 17.2 Å². The van der Waals surface area contributed by atoms with Crippen LogP contribution in [0.2, 0.25) is 0 Å². The summed E-state index contributed by atoms with van der Waals surface area (Å²) < 4.78 is 46.5. The van der Waals surface area contributed by atoms with Crippen LogP contribution < -0.4 is 19.1 Å². The largest absolute Gasteiger partial charge is 0.493 e. The van der Waals surface area contributed by atoms with Crippen LogP contribution in [0.4, 0.5) is 5.69 Å². The SMILES string of the molecule is COc1ccc(S(=O)(=O)N2CCC(=O)N(c3ccccc3)C2C(=O)N2CCN(C(c3ccccc3)c3ccccc3)CC2)cc1OC.O=C(C(CCCc1ccccc1)CCCc1ccccc1)N1CCCCN(C[C@@H](O)COc2cccc3ncccc23)C1. The molecule has 0 spiro atoms. The van der Waals surface area contributed by atoms with Crippen LogP contribution in [0.25, 0.3) is 10.9 Å². The van der Waals surface area contributed by atoms with Gasteiger partial charge in [-0.05, 0) is 129 Å². The van der Waals surface area contributed by atoms with Crippen LogP contribution in [0.15, 0.2) is 211 Å². The normalized spacial score (nSPS) is 16.5. The number of ether oxygens (including phenoxy) is 3. The number of pyridine rings is 1. The van der Waals surface area contributed by atoms with Crippen LogP contribution in [-0.2, 0) is 37.2 Å². The fourth-order valence-electron chi connectivity index (χ4n) is 12.6. The maximum atomic E-state index is 14.6. The molecule has 0 radical (unpaired) electrons. The third kappa shape index (κ3) is 16.5. The van der Waals surface area contributed by atoms with E-state index in [-0.39, 0.29) is 54.0 Å². The van der Waals surface area contributed by atoms with Gasteiger partial charge in [0.1, 0.15) is 18.5 Å². The van der Waals surface area contributed by atoms with Gasteiger partial charge in [0, 0.05) is 81.5 Å². The van der Waals surface area contributed by atoms with Gasteiger partial charge in [-0.2, -0.15) is 4.31 Å². The molecule has 11 rings (SSSR count). The summed E-state index contributed by atoms with van der Waals surface area (Å²) in [5, 5.41) is 11.9. The Hall–Kier alpha value is -8.45. The van der Waals surface area contributed by atoms with E-state index in [4.69, 9.17) is 14.2 Å². The molecule has 3 aliphatic heterocycles. The van der Waals surface area contributed by atoms with E-state index in [9.17, 15) is 27.9 Å². The highest BCUT2D eigenvalue weighted by atomic mass is 32.2. The van der Waals surface area contributed by atoms with Crippen molar-refractivity contribution in [2.24, 2.45) is 5.92 Å². The molecule has 1 aromatic heterocycles. The number of aliphatic hydroxyl groups excluding tert-OH is 1. The Morgan fingerprint density at radius 1 is 0.611 bits per heavy atom. The van der Waals surface area contributed by atoms with Crippen LogP contribution in [-0.4, -0.2) is 152 Å². The number of hydrogen-bond donors (Lipinski definition) is 1. The smallest absolute Gasteiger partial charge is 0.262 e. The molecule has 8 aromatic rings. The zero-order chi connectivity index (χ0) is 62.7. The molecule has 3 fully saturated rings. The Kier molecular flexibility index (Phi) is 22.8. The van der Waals surface area contributed by atoms with Gasteiger partial charge in [-0.3, -0.25) is 34.1 Å². The summed E-state index contributed by atoms with van der Waals surface area (Å²) in [7, 11) is -1.37. The molecule has 3 aliphatic rings. The number of carbonyl (C=O) groups excluding carboxylic acids is 3. The molecule has 1 unspecified atom stereocenters. The number of fused-ring (bicyclic) bond motifs is 1. The van der Waals surface area contributed by atoms with E-state index >= 15 is 0 Å². The lowest BCUT2D eigenvalue weighted by molar-refractivity contribution is -0.141. The topological polar surface area (TPSA) is 166 Å². The van der Waals surface area contributed by atoms with Crippen LogP contribution in [0.1, 0.15) is 73.2 Å². The monoisotopic (exact) mass is 1230 g/mol. The van der Waals surface area contributed by atoms with Crippen molar-refractivity contribution in [3.05, 3.63) is 229 Å². The number of rotatable bonds is 23. The first kappa shape index (κ1) is 64.5. The third-order valence-electron chi connectivity index (χ3n) is 17.2. The van der Waals surface area contributed by atoms with Gasteiger partial charge in [0.25, 0.3) is 5.91 Å². The number of methoxy groups -OCH3 is 2. The minimum atomic E-state index is -4.27. The van der Waals surface area contributed by atoms with Gasteiger partial charge >= 0.3 is 0 Å². The van der Waals surface area contributed by atoms with Crippen LogP contribution in [0.3, 0.4) is 0 Å². The molecule has 470 valence electrons. The molecule has 4 heterocycles. The number of carbonyl (C=O) groups is 3. The van der Waals surface area contributed by atoms with Crippen molar-refractivity contribution in [1.82, 2.24) is 28.9 Å². The Labute approximate surface area is 530 Å². The van der Waals surface area contributed by atoms with E-state index in [0.29, 0.717) is 50.8 Å². The summed E-state index contributed by atoms with van der Waals surface area (Å²) in [6.07, 6.45) is 7.42. The summed E-state index contributed by atoms with van der Waals surface area (Å²) in [6, 6.07) is 64.4. The molecule has 0 aliphatic carbocycles. The fraction of sp³-hybridized carbons (Fsp3) is 0.342. The molecule has 17 heteroatoms. The Morgan fingerprint density at radius 3 is 1.81 bits per heavy atom. The zero-order valence-electron chi connectivity index (χ0n) is 51.6. The molecule has 0 bridgehead atoms. The highest BCUT2D eigenvalue weighted by Gasteiger charge is 2.48. The Balaban J connectivity index is 0.000000199. The minimum Gasteiger partial charge on any atom is -0.493 e. The van der Waals surface area contributed by atoms with Gasteiger partial charge in [-0.15, -0.1) is 0 Å². The highest BCUT2D eigenvalue weighted by Crippen LogP contribution is 2.36. The molecule has 0 saturated carbocycles. The average Bonchev–Trinajstić information content (AvgIpc) is 0.861. The van der Waals surface area contributed by atoms with E-state index in [1.54, 1.807) is 35.4 Å². The van der Waals surface area contributed by atoms with Crippen LogP contribution in [0, 0.1) is 5.92 Å². The van der Waals surface area contributed by atoms with Gasteiger partial charge in [-0.1, -0.05) is 146 Å². The molecule has 2 atom stereocenters. The molecule has 90 heavy (non-hydrogen) atoms. The minimum absolute atomic E-state index is 0.00587. The summed E-state index contributed by atoms with van der Waals surface area (Å²) in [5.41, 5.74) is 6.29. The summed E-state index contributed by atoms with van der Waals surface area (Å²) in [5.74, 6) is 0.864. The van der Waals surface area contributed by atoms with Crippen molar-refractivity contribution in [3.63, 3.8) is 0 Å². The van der Waals surface area contributed by atoms with Crippen LogP contribution >= 0.6 is 0 Å². The maximum absolute atomic E-state index is 14.6. The number of benzene rings is 7. The summed E-state index contributed by atoms with van der Waals surface area (Å²) in [6.45, 7) is 4.59. The fourth-order valence-corrected chi connectivity index (χ4v) is 14.1. The summed E-state index contributed by atoms with van der Waals surface area (Å²) >= 11 is 0. The molecular formula is C73H83N7O9S. The number of anilines is 1.